The van der Waals surface area contributed by atoms with Crippen molar-refractivity contribution < 1.29 is 23.9 Å². The molecule has 0 aromatic heterocycles. The number of rotatable bonds is 3. The number of ether oxygens (including phenoxy) is 2. The lowest BCUT2D eigenvalue weighted by Crippen LogP contribution is -2.45. The van der Waals surface area contributed by atoms with Gasteiger partial charge in [-0.15, -0.1) is 0 Å². The van der Waals surface area contributed by atoms with Crippen LogP contribution in [-0.2, 0) is 25.7 Å². The van der Waals surface area contributed by atoms with Gasteiger partial charge in [-0.2, -0.15) is 0 Å². The molecule has 2 rings (SSSR count). The molecule has 1 aliphatic heterocycles. The Kier molecular flexibility index (Phi) is 4.34. The maximum Gasteiger partial charge on any atom is 0.408 e. The second kappa shape index (κ2) is 6.18. The smallest absolute Gasteiger partial charge is 0.408 e. The first kappa shape index (κ1) is 14.0. The van der Waals surface area contributed by atoms with E-state index in [-0.39, 0.29) is 19.4 Å². The summed E-state index contributed by atoms with van der Waals surface area (Å²) in [5.41, 5.74) is 1.91. The lowest BCUT2D eigenvalue weighted by Gasteiger charge is -2.20. The second-order valence-corrected chi connectivity index (χ2v) is 4.53. The van der Waals surface area contributed by atoms with Gasteiger partial charge in [0.15, 0.2) is 0 Å². The molecule has 1 aromatic rings. The van der Waals surface area contributed by atoms with Gasteiger partial charge in [-0.25, -0.2) is 9.59 Å². The summed E-state index contributed by atoms with van der Waals surface area (Å²) in [4.78, 5) is 33.8. The molecule has 0 radical (unpaired) electrons. The molecule has 0 aliphatic carbocycles. The van der Waals surface area contributed by atoms with E-state index in [1.807, 2.05) is 31.2 Å². The van der Waals surface area contributed by atoms with Crippen molar-refractivity contribution in [1.29, 1.82) is 0 Å². The lowest BCUT2D eigenvalue weighted by molar-refractivity contribution is -0.165. The standard InChI is InChI=1S/C14H15NO5/c1-9-4-2-3-5-10(9)8-19-14(18)15-11-6-7-12(16)20-13(11)17/h2-5,11H,6-8H2,1H3,(H,15,18)/t11-/m0/s1. The molecule has 1 aromatic carbocycles. The van der Waals surface area contributed by atoms with Crippen LogP contribution in [0.25, 0.3) is 0 Å². The van der Waals surface area contributed by atoms with Crippen molar-refractivity contribution in [3.05, 3.63) is 35.4 Å². The highest BCUT2D eigenvalue weighted by molar-refractivity contribution is 5.92. The maximum atomic E-state index is 11.6. The highest BCUT2D eigenvalue weighted by atomic mass is 16.6. The fourth-order valence-corrected chi connectivity index (χ4v) is 1.84. The number of amides is 1. The van der Waals surface area contributed by atoms with Crippen LogP contribution >= 0.6 is 0 Å². The largest absolute Gasteiger partial charge is 0.445 e. The zero-order valence-corrected chi connectivity index (χ0v) is 11.0. The van der Waals surface area contributed by atoms with Gasteiger partial charge >= 0.3 is 18.0 Å². The first-order valence-electron chi connectivity index (χ1n) is 6.28. The third kappa shape index (κ3) is 3.57. The van der Waals surface area contributed by atoms with E-state index in [0.29, 0.717) is 0 Å². The lowest BCUT2D eigenvalue weighted by atomic mass is 10.1. The third-order valence-electron chi connectivity index (χ3n) is 3.05. The average molecular weight is 277 g/mol. The maximum absolute atomic E-state index is 11.6. The molecule has 0 saturated carbocycles. The number of aryl methyl sites for hydroxylation is 1. The van der Waals surface area contributed by atoms with Gasteiger partial charge in [0.25, 0.3) is 0 Å². The van der Waals surface area contributed by atoms with Crippen molar-refractivity contribution in [2.24, 2.45) is 0 Å². The van der Waals surface area contributed by atoms with Crippen LogP contribution < -0.4 is 5.32 Å². The molecule has 0 unspecified atom stereocenters. The number of benzene rings is 1. The van der Waals surface area contributed by atoms with E-state index in [1.165, 1.54) is 0 Å². The number of alkyl carbamates (subject to hydrolysis) is 1. The van der Waals surface area contributed by atoms with Gasteiger partial charge in [0.2, 0.25) is 0 Å². The normalized spacial score (nSPS) is 18.4. The summed E-state index contributed by atoms with van der Waals surface area (Å²) in [6, 6.07) is 6.70. The number of esters is 2. The van der Waals surface area contributed by atoms with Gasteiger partial charge < -0.3 is 14.8 Å². The summed E-state index contributed by atoms with van der Waals surface area (Å²) in [5, 5.41) is 2.39. The Morgan fingerprint density at radius 1 is 1.40 bits per heavy atom. The molecule has 1 atom stereocenters. The number of nitrogens with one attached hydrogen (secondary N) is 1. The van der Waals surface area contributed by atoms with Gasteiger partial charge in [-0.05, 0) is 24.5 Å². The summed E-state index contributed by atoms with van der Waals surface area (Å²) >= 11 is 0. The van der Waals surface area contributed by atoms with Crippen molar-refractivity contribution in [3.63, 3.8) is 0 Å². The molecule has 0 spiro atoms. The summed E-state index contributed by atoms with van der Waals surface area (Å²) in [7, 11) is 0. The molecule has 20 heavy (non-hydrogen) atoms. The number of hydrogen-bond acceptors (Lipinski definition) is 5. The van der Waals surface area contributed by atoms with Crippen LogP contribution in [0.4, 0.5) is 4.79 Å². The SMILES string of the molecule is Cc1ccccc1COC(=O)N[C@H]1CCC(=O)OC1=O. The van der Waals surface area contributed by atoms with Crippen LogP contribution in [0, 0.1) is 6.92 Å². The fourth-order valence-electron chi connectivity index (χ4n) is 1.84. The summed E-state index contributed by atoms with van der Waals surface area (Å²) in [6.45, 7) is 2.04. The summed E-state index contributed by atoms with van der Waals surface area (Å²) < 4.78 is 9.48. The number of cyclic esters (lactones) is 2. The van der Waals surface area contributed by atoms with Gasteiger partial charge in [0.05, 0.1) is 0 Å². The molecule has 1 saturated heterocycles. The molecule has 1 aliphatic rings. The predicted octanol–water partition coefficient (Wildman–Crippen LogP) is 1.45. The van der Waals surface area contributed by atoms with E-state index in [0.717, 1.165) is 11.1 Å². The zero-order chi connectivity index (χ0) is 14.5. The molecule has 1 heterocycles. The number of hydrogen-bond donors (Lipinski definition) is 1. The molecule has 1 N–H and O–H groups in total. The topological polar surface area (TPSA) is 81.7 Å². The molecular weight excluding hydrogens is 262 g/mol. The Bertz CT molecular complexity index is 540. The first-order valence-corrected chi connectivity index (χ1v) is 6.28. The van der Waals surface area contributed by atoms with Crippen LogP contribution in [0.3, 0.4) is 0 Å². The number of carbonyl (C=O) groups is 3. The van der Waals surface area contributed by atoms with Crippen LogP contribution in [0.5, 0.6) is 0 Å². The Hall–Kier alpha value is -2.37. The van der Waals surface area contributed by atoms with Crippen molar-refractivity contribution in [3.8, 4) is 0 Å². The van der Waals surface area contributed by atoms with Crippen molar-refractivity contribution in [1.82, 2.24) is 5.32 Å². The fraction of sp³-hybridized carbons (Fsp3) is 0.357. The minimum absolute atomic E-state index is 0.106. The number of carbonyl (C=O) groups excluding carboxylic acids is 3. The van der Waals surface area contributed by atoms with Crippen molar-refractivity contribution in [2.45, 2.75) is 32.4 Å². The monoisotopic (exact) mass is 277 g/mol. The van der Waals surface area contributed by atoms with Gasteiger partial charge in [-0.1, -0.05) is 24.3 Å². The Labute approximate surface area is 116 Å². The first-order chi connectivity index (χ1) is 9.56. The van der Waals surface area contributed by atoms with E-state index in [2.05, 4.69) is 10.1 Å². The van der Waals surface area contributed by atoms with Crippen LogP contribution in [0.15, 0.2) is 24.3 Å². The van der Waals surface area contributed by atoms with Gasteiger partial charge in [0.1, 0.15) is 12.6 Å². The zero-order valence-electron chi connectivity index (χ0n) is 11.0. The van der Waals surface area contributed by atoms with Crippen molar-refractivity contribution >= 4 is 18.0 Å². The predicted molar refractivity (Wildman–Crippen MR) is 68.6 cm³/mol. The van der Waals surface area contributed by atoms with E-state index in [9.17, 15) is 14.4 Å². The minimum Gasteiger partial charge on any atom is -0.445 e. The summed E-state index contributed by atoms with van der Waals surface area (Å²) in [6.07, 6.45) is -0.365. The van der Waals surface area contributed by atoms with E-state index >= 15 is 0 Å². The minimum atomic E-state index is -0.822. The van der Waals surface area contributed by atoms with E-state index in [4.69, 9.17) is 4.74 Å². The highest BCUT2D eigenvalue weighted by Crippen LogP contribution is 2.11. The molecule has 0 bridgehead atoms. The molecular formula is C14H15NO5. The Morgan fingerprint density at radius 3 is 2.85 bits per heavy atom. The van der Waals surface area contributed by atoms with Gasteiger partial charge in [0, 0.05) is 6.42 Å². The van der Waals surface area contributed by atoms with E-state index < -0.39 is 24.1 Å². The summed E-state index contributed by atoms with van der Waals surface area (Å²) in [5.74, 6) is -1.31. The molecule has 6 heteroatoms. The van der Waals surface area contributed by atoms with Crippen molar-refractivity contribution in [2.75, 3.05) is 0 Å². The molecule has 6 nitrogen and oxygen atoms in total. The van der Waals surface area contributed by atoms with Gasteiger partial charge in [-0.3, -0.25) is 4.79 Å². The Morgan fingerprint density at radius 2 is 2.15 bits per heavy atom. The highest BCUT2D eigenvalue weighted by Gasteiger charge is 2.30. The van der Waals surface area contributed by atoms with Crippen LogP contribution in [-0.4, -0.2) is 24.1 Å². The molecule has 1 fully saturated rings. The quantitative estimate of drug-likeness (QED) is 0.668. The Balaban J connectivity index is 1.83. The van der Waals surface area contributed by atoms with E-state index in [1.54, 1.807) is 0 Å². The van der Waals surface area contributed by atoms with Crippen LogP contribution in [0.1, 0.15) is 24.0 Å². The van der Waals surface area contributed by atoms with Crippen LogP contribution in [0.2, 0.25) is 0 Å². The molecule has 1 amide bonds. The average Bonchev–Trinajstić information content (AvgIpc) is 2.41. The third-order valence-corrected chi connectivity index (χ3v) is 3.05. The second-order valence-electron chi connectivity index (χ2n) is 4.53. The molecule has 106 valence electrons.